The molecule has 3 rings (SSSR count). The van der Waals surface area contributed by atoms with Crippen molar-refractivity contribution in [2.75, 3.05) is 5.32 Å². The summed E-state index contributed by atoms with van der Waals surface area (Å²) in [6.07, 6.45) is 6.01. The molecule has 0 saturated heterocycles. The Labute approximate surface area is 168 Å². The van der Waals surface area contributed by atoms with Crippen molar-refractivity contribution >= 4 is 24.0 Å². The van der Waals surface area contributed by atoms with Gasteiger partial charge in [0.2, 0.25) is 5.91 Å². The number of benzene rings is 1. The van der Waals surface area contributed by atoms with Gasteiger partial charge < -0.3 is 15.7 Å². The average molecular weight is 391 g/mol. The zero-order chi connectivity index (χ0) is 21.0. The minimum atomic E-state index is -0.280. The summed E-state index contributed by atoms with van der Waals surface area (Å²) in [5, 5.41) is 9.97. The van der Waals surface area contributed by atoms with Crippen LogP contribution in [0.1, 0.15) is 25.2 Å². The van der Waals surface area contributed by atoms with Crippen LogP contribution in [0.4, 0.5) is 10.2 Å². The predicted octanol–water partition coefficient (Wildman–Crippen LogP) is 4.84. The number of carbonyl (C=O) groups is 1. The maximum atomic E-state index is 13.7. The van der Waals surface area contributed by atoms with Gasteiger partial charge in [0.1, 0.15) is 17.5 Å². The molecule has 0 atom stereocenters. The van der Waals surface area contributed by atoms with Gasteiger partial charge in [0.15, 0.2) is 0 Å². The van der Waals surface area contributed by atoms with Crippen LogP contribution in [0.25, 0.3) is 28.6 Å². The van der Waals surface area contributed by atoms with Crippen LogP contribution >= 0.6 is 0 Å². The molecule has 0 fully saturated rings. The zero-order valence-electron chi connectivity index (χ0n) is 16.5. The van der Waals surface area contributed by atoms with Crippen molar-refractivity contribution in [3.63, 3.8) is 0 Å². The molecule has 0 radical (unpaired) electrons. The van der Waals surface area contributed by atoms with Gasteiger partial charge in [-0.25, -0.2) is 14.4 Å². The number of halogens is 1. The van der Waals surface area contributed by atoms with E-state index in [4.69, 9.17) is 5.41 Å². The van der Waals surface area contributed by atoms with Gasteiger partial charge in [-0.3, -0.25) is 4.79 Å². The average Bonchev–Trinajstić information content (AvgIpc) is 3.13. The van der Waals surface area contributed by atoms with E-state index in [0.29, 0.717) is 28.6 Å². The maximum Gasteiger partial charge on any atom is 0.228 e. The highest BCUT2D eigenvalue weighted by Crippen LogP contribution is 2.32. The molecule has 148 valence electrons. The van der Waals surface area contributed by atoms with Crippen LogP contribution in [0.15, 0.2) is 42.6 Å². The second-order valence-electron chi connectivity index (χ2n) is 6.91. The van der Waals surface area contributed by atoms with Gasteiger partial charge in [0.25, 0.3) is 0 Å². The number of aromatic nitrogens is 3. The third kappa shape index (κ3) is 4.63. The highest BCUT2D eigenvalue weighted by atomic mass is 19.1. The van der Waals surface area contributed by atoms with Gasteiger partial charge >= 0.3 is 0 Å². The SMILES string of the molecule is Cc1cc(-c2nc(/C=C\C=N)[nH]c2-c2ccnc(NC(=O)C(C)C)c2)ccc1F. The summed E-state index contributed by atoms with van der Waals surface area (Å²) in [5.41, 5.74) is 3.41. The Balaban J connectivity index is 2.09. The van der Waals surface area contributed by atoms with E-state index < -0.39 is 0 Å². The monoisotopic (exact) mass is 391 g/mol. The molecule has 6 nitrogen and oxygen atoms in total. The number of aryl methyl sites for hydroxylation is 1. The number of carbonyl (C=O) groups excluding carboxylic acids is 1. The zero-order valence-corrected chi connectivity index (χ0v) is 16.5. The van der Waals surface area contributed by atoms with Gasteiger partial charge in [-0.05, 0) is 55.0 Å². The van der Waals surface area contributed by atoms with Crippen LogP contribution in [0.3, 0.4) is 0 Å². The first kappa shape index (κ1) is 20.1. The number of hydrogen-bond acceptors (Lipinski definition) is 4. The number of aromatic amines is 1. The third-order valence-electron chi connectivity index (χ3n) is 4.33. The molecule has 0 spiro atoms. The van der Waals surface area contributed by atoms with Crippen molar-refractivity contribution in [3.05, 3.63) is 59.8 Å². The van der Waals surface area contributed by atoms with E-state index in [-0.39, 0.29) is 17.6 Å². The molecule has 1 amide bonds. The largest absolute Gasteiger partial charge is 0.338 e. The molecule has 7 heteroatoms. The van der Waals surface area contributed by atoms with E-state index in [1.54, 1.807) is 43.5 Å². The van der Waals surface area contributed by atoms with Crippen molar-refractivity contribution in [1.29, 1.82) is 5.41 Å². The van der Waals surface area contributed by atoms with Crippen LogP contribution in [-0.2, 0) is 4.79 Å². The minimum Gasteiger partial charge on any atom is -0.338 e. The fraction of sp³-hybridized carbons (Fsp3) is 0.182. The van der Waals surface area contributed by atoms with E-state index in [1.165, 1.54) is 6.07 Å². The molecule has 29 heavy (non-hydrogen) atoms. The summed E-state index contributed by atoms with van der Waals surface area (Å²) in [5.74, 6) is 0.433. The van der Waals surface area contributed by atoms with Gasteiger partial charge in [-0.2, -0.15) is 0 Å². The molecule has 0 saturated carbocycles. The molecule has 0 bridgehead atoms. The van der Waals surface area contributed by atoms with Crippen LogP contribution in [0.2, 0.25) is 0 Å². The van der Waals surface area contributed by atoms with Crippen molar-refractivity contribution in [1.82, 2.24) is 15.0 Å². The van der Waals surface area contributed by atoms with Crippen LogP contribution in [0.5, 0.6) is 0 Å². The number of anilines is 1. The lowest BCUT2D eigenvalue weighted by atomic mass is 10.0. The molecule has 2 heterocycles. The lowest BCUT2D eigenvalue weighted by Crippen LogP contribution is -2.18. The Morgan fingerprint density at radius 2 is 2.03 bits per heavy atom. The van der Waals surface area contributed by atoms with Gasteiger partial charge in [-0.15, -0.1) is 0 Å². The first-order chi connectivity index (χ1) is 13.9. The predicted molar refractivity (Wildman–Crippen MR) is 113 cm³/mol. The normalized spacial score (nSPS) is 11.2. The Morgan fingerprint density at radius 3 is 2.72 bits per heavy atom. The summed E-state index contributed by atoms with van der Waals surface area (Å²) in [4.78, 5) is 24.1. The van der Waals surface area contributed by atoms with Crippen LogP contribution in [-0.4, -0.2) is 27.1 Å². The Kier molecular flexibility index (Phi) is 5.97. The summed E-state index contributed by atoms with van der Waals surface area (Å²) in [6.45, 7) is 5.32. The fourth-order valence-electron chi connectivity index (χ4n) is 2.74. The van der Waals surface area contributed by atoms with Gasteiger partial charge in [0.05, 0.1) is 11.4 Å². The van der Waals surface area contributed by atoms with Crippen molar-refractivity contribution in [2.24, 2.45) is 5.92 Å². The fourth-order valence-corrected chi connectivity index (χ4v) is 2.74. The number of nitrogens with zero attached hydrogens (tertiary/aromatic N) is 2. The lowest BCUT2D eigenvalue weighted by Gasteiger charge is -2.09. The molecule has 0 unspecified atom stereocenters. The third-order valence-corrected chi connectivity index (χ3v) is 4.33. The number of imidazole rings is 1. The highest BCUT2D eigenvalue weighted by Gasteiger charge is 2.16. The van der Waals surface area contributed by atoms with Gasteiger partial charge in [0, 0.05) is 29.5 Å². The summed E-state index contributed by atoms with van der Waals surface area (Å²) < 4.78 is 13.7. The molecule has 3 N–H and O–H groups in total. The summed E-state index contributed by atoms with van der Waals surface area (Å²) >= 11 is 0. The molecule has 3 aromatic rings. The van der Waals surface area contributed by atoms with Crippen LogP contribution in [0, 0.1) is 24.1 Å². The quantitative estimate of drug-likeness (QED) is 0.525. The van der Waals surface area contributed by atoms with Crippen molar-refractivity contribution < 1.29 is 9.18 Å². The topological polar surface area (TPSA) is 94.5 Å². The molecule has 2 aromatic heterocycles. The second-order valence-corrected chi connectivity index (χ2v) is 6.91. The minimum absolute atomic E-state index is 0.122. The molecular formula is C22H22FN5O. The summed E-state index contributed by atoms with van der Waals surface area (Å²) in [7, 11) is 0. The van der Waals surface area contributed by atoms with Crippen molar-refractivity contribution in [3.8, 4) is 22.5 Å². The Morgan fingerprint density at radius 1 is 1.24 bits per heavy atom. The second kappa shape index (κ2) is 8.60. The van der Waals surface area contributed by atoms with E-state index in [2.05, 4.69) is 20.3 Å². The Bertz CT molecular complexity index is 1080. The molecular weight excluding hydrogens is 369 g/mol. The van der Waals surface area contributed by atoms with Crippen molar-refractivity contribution in [2.45, 2.75) is 20.8 Å². The van der Waals surface area contributed by atoms with E-state index >= 15 is 0 Å². The molecule has 0 aliphatic carbocycles. The number of nitrogens with one attached hydrogen (secondary N) is 3. The first-order valence-corrected chi connectivity index (χ1v) is 9.20. The number of hydrogen-bond donors (Lipinski definition) is 3. The molecule has 0 aliphatic rings. The molecule has 1 aromatic carbocycles. The van der Waals surface area contributed by atoms with E-state index in [0.717, 1.165) is 17.3 Å². The summed E-state index contributed by atoms with van der Waals surface area (Å²) in [6, 6.07) is 8.40. The number of amides is 1. The number of rotatable bonds is 6. The standard InChI is InChI=1S/C22H22FN5O/c1-13(2)22(29)28-19-12-16(8-10-25-19)21-20(26-18(27-21)5-4-9-24)15-6-7-17(23)14(3)11-15/h4-13,24H,1-3H3,(H,26,27)(H,25,28,29)/b5-4-,24-9?. The first-order valence-electron chi connectivity index (χ1n) is 9.20. The lowest BCUT2D eigenvalue weighted by molar-refractivity contribution is -0.118. The maximum absolute atomic E-state index is 13.7. The van der Waals surface area contributed by atoms with E-state index in [1.807, 2.05) is 19.9 Å². The molecule has 0 aliphatic heterocycles. The Hall–Kier alpha value is -3.61. The number of pyridine rings is 1. The van der Waals surface area contributed by atoms with Gasteiger partial charge in [-0.1, -0.05) is 13.8 Å². The smallest absolute Gasteiger partial charge is 0.228 e. The van der Waals surface area contributed by atoms with Crippen LogP contribution < -0.4 is 5.32 Å². The van der Waals surface area contributed by atoms with E-state index in [9.17, 15) is 9.18 Å². The number of H-pyrrole nitrogens is 1. The highest BCUT2D eigenvalue weighted by molar-refractivity contribution is 5.92. The number of allylic oxidation sites excluding steroid dienone is 1.